The number of carbonyl (C=O) groups is 1. The van der Waals surface area contributed by atoms with E-state index in [1.807, 2.05) is 0 Å². The number of nitrogens with one attached hydrogen (secondary N) is 4. The lowest BCUT2D eigenvalue weighted by atomic mass is 10.1. The topological polar surface area (TPSA) is 109 Å². The van der Waals surface area contributed by atoms with Gasteiger partial charge in [0.25, 0.3) is 10.0 Å². The number of anilines is 2. The highest BCUT2D eigenvalue weighted by Gasteiger charge is 2.42. The summed E-state index contributed by atoms with van der Waals surface area (Å²) in [6, 6.07) is 10.2. The molecule has 1 heterocycles. The summed E-state index contributed by atoms with van der Waals surface area (Å²) >= 11 is 0. The molecule has 3 rings (SSSR count). The number of methoxy groups -OCH3 is 1. The Balaban J connectivity index is 1.73. The van der Waals surface area contributed by atoms with Crippen LogP contribution in [-0.2, 0) is 21.0 Å². The highest BCUT2D eigenvalue weighted by Crippen LogP contribution is 2.31. The smallest absolute Gasteiger partial charge is 0.416 e. The van der Waals surface area contributed by atoms with Crippen LogP contribution >= 0.6 is 0 Å². The fraction of sp³-hybridized carbons (Fsp3) is 0.278. The van der Waals surface area contributed by atoms with E-state index in [9.17, 15) is 26.4 Å². The molecule has 0 bridgehead atoms. The zero-order valence-corrected chi connectivity index (χ0v) is 16.5. The zero-order chi connectivity index (χ0) is 21.9. The number of hydrogen-bond acceptors (Lipinski definition) is 6. The highest BCUT2D eigenvalue weighted by atomic mass is 32.2. The second kappa shape index (κ2) is 8.50. The fourth-order valence-electron chi connectivity index (χ4n) is 2.90. The summed E-state index contributed by atoms with van der Waals surface area (Å²) in [4.78, 5) is 12.6. The van der Waals surface area contributed by atoms with E-state index in [1.54, 1.807) is 12.1 Å². The molecular formula is C18H19F3N4O4S. The summed E-state index contributed by atoms with van der Waals surface area (Å²) in [6.45, 7) is -0.0288. The van der Waals surface area contributed by atoms with Crippen molar-refractivity contribution in [2.24, 2.45) is 5.92 Å². The third-order valence-electron chi connectivity index (χ3n) is 4.41. The van der Waals surface area contributed by atoms with Crippen LogP contribution in [0, 0.1) is 5.92 Å². The molecule has 0 aromatic heterocycles. The Bertz CT molecular complexity index is 1010. The zero-order valence-electron chi connectivity index (χ0n) is 15.7. The number of halogens is 3. The summed E-state index contributed by atoms with van der Waals surface area (Å²) in [5, 5.41) is 1.01. The number of amides is 1. The van der Waals surface area contributed by atoms with Crippen LogP contribution in [0.5, 0.6) is 5.75 Å². The number of ether oxygens (including phenoxy) is 1. The Hall–Kier alpha value is -2.83. The van der Waals surface area contributed by atoms with E-state index in [4.69, 9.17) is 4.74 Å². The second-order valence-corrected chi connectivity index (χ2v) is 8.30. The van der Waals surface area contributed by atoms with Crippen molar-refractivity contribution in [2.45, 2.75) is 11.6 Å². The van der Waals surface area contributed by atoms with Crippen molar-refractivity contribution in [3.8, 4) is 5.75 Å². The predicted molar refractivity (Wildman–Crippen MR) is 104 cm³/mol. The van der Waals surface area contributed by atoms with Gasteiger partial charge in [-0.25, -0.2) is 13.8 Å². The van der Waals surface area contributed by atoms with Crippen LogP contribution in [0.15, 0.2) is 48.5 Å². The van der Waals surface area contributed by atoms with Crippen molar-refractivity contribution in [1.82, 2.24) is 10.9 Å². The predicted octanol–water partition coefficient (Wildman–Crippen LogP) is 2.14. The molecule has 1 amide bonds. The van der Waals surface area contributed by atoms with E-state index in [1.165, 1.54) is 25.3 Å². The van der Waals surface area contributed by atoms with Crippen LogP contribution in [0.4, 0.5) is 24.5 Å². The van der Waals surface area contributed by atoms with Crippen molar-refractivity contribution in [3.05, 3.63) is 54.1 Å². The Kier molecular flexibility index (Phi) is 6.19. The summed E-state index contributed by atoms with van der Waals surface area (Å²) < 4.78 is 71.4. The maximum Gasteiger partial charge on any atom is 0.416 e. The third-order valence-corrected chi connectivity index (χ3v) is 6.05. The van der Waals surface area contributed by atoms with Crippen molar-refractivity contribution in [3.63, 3.8) is 0 Å². The molecule has 2 aromatic carbocycles. The lowest BCUT2D eigenvalue weighted by molar-refractivity contribution is -0.137. The molecule has 1 aliphatic heterocycles. The minimum Gasteiger partial charge on any atom is -0.497 e. The van der Waals surface area contributed by atoms with Crippen LogP contribution in [0.3, 0.4) is 0 Å². The van der Waals surface area contributed by atoms with Gasteiger partial charge in [0.2, 0.25) is 5.91 Å². The first kappa shape index (κ1) is 21.9. The van der Waals surface area contributed by atoms with E-state index >= 15 is 0 Å². The van der Waals surface area contributed by atoms with E-state index in [2.05, 4.69) is 20.9 Å². The van der Waals surface area contributed by atoms with Gasteiger partial charge in [0.15, 0.2) is 5.37 Å². The van der Waals surface area contributed by atoms with Gasteiger partial charge in [-0.3, -0.25) is 14.9 Å². The third kappa shape index (κ3) is 5.01. The molecule has 2 atom stereocenters. The first-order valence-corrected chi connectivity index (χ1v) is 10.3. The first-order valence-electron chi connectivity index (χ1n) is 8.72. The maximum atomic E-state index is 12.9. The standard InChI is InChI=1S/C18H19F3N4O4S/c1-29-14-7-5-12(6-8-14)25-30(27,28)17-15(10-22-24-17)16(26)23-13-4-2-3-11(9-13)18(19,20)21/h2-9,15,17,22,24-25H,10H2,1H3,(H,23,26). The number of hydrazine groups is 1. The van der Waals surface area contributed by atoms with Gasteiger partial charge in [-0.15, -0.1) is 0 Å². The van der Waals surface area contributed by atoms with Gasteiger partial charge in [0.1, 0.15) is 5.75 Å². The van der Waals surface area contributed by atoms with Crippen molar-refractivity contribution in [1.29, 1.82) is 0 Å². The number of sulfonamides is 1. The largest absolute Gasteiger partial charge is 0.497 e. The Morgan fingerprint density at radius 1 is 1.13 bits per heavy atom. The Labute approximate surface area is 170 Å². The van der Waals surface area contributed by atoms with Crippen LogP contribution < -0.4 is 25.6 Å². The van der Waals surface area contributed by atoms with E-state index in [0.29, 0.717) is 5.75 Å². The summed E-state index contributed by atoms with van der Waals surface area (Å²) in [5.41, 5.74) is 4.39. The van der Waals surface area contributed by atoms with Crippen LogP contribution in [0.2, 0.25) is 0 Å². The molecule has 2 aromatic rings. The summed E-state index contributed by atoms with van der Waals surface area (Å²) in [6.07, 6.45) is -4.56. The molecular weight excluding hydrogens is 425 g/mol. The molecule has 0 radical (unpaired) electrons. The average Bonchev–Trinajstić information content (AvgIpc) is 3.19. The van der Waals surface area contributed by atoms with Crippen molar-refractivity contribution < 1.29 is 31.1 Å². The van der Waals surface area contributed by atoms with Gasteiger partial charge in [-0.1, -0.05) is 6.07 Å². The molecule has 162 valence electrons. The van der Waals surface area contributed by atoms with Gasteiger partial charge < -0.3 is 10.1 Å². The number of rotatable bonds is 6. The van der Waals surface area contributed by atoms with Crippen LogP contribution in [-0.4, -0.2) is 33.4 Å². The van der Waals surface area contributed by atoms with E-state index in [-0.39, 0.29) is 17.9 Å². The highest BCUT2D eigenvalue weighted by molar-refractivity contribution is 7.93. The Morgan fingerprint density at radius 2 is 1.83 bits per heavy atom. The molecule has 8 nitrogen and oxygen atoms in total. The van der Waals surface area contributed by atoms with Gasteiger partial charge in [0.05, 0.1) is 18.6 Å². The SMILES string of the molecule is COc1ccc(NS(=O)(=O)C2NNCC2C(=O)Nc2cccc(C(F)(F)F)c2)cc1. The fourth-order valence-corrected chi connectivity index (χ4v) is 4.38. The van der Waals surface area contributed by atoms with Gasteiger partial charge in [-0.05, 0) is 42.5 Å². The Morgan fingerprint density at radius 3 is 2.47 bits per heavy atom. The van der Waals surface area contributed by atoms with E-state index < -0.39 is 39.0 Å². The number of carbonyl (C=O) groups excluding carboxylic acids is 1. The van der Waals surface area contributed by atoms with E-state index in [0.717, 1.165) is 18.2 Å². The van der Waals surface area contributed by atoms with Gasteiger partial charge in [-0.2, -0.15) is 13.2 Å². The number of hydrogen-bond donors (Lipinski definition) is 4. The molecule has 1 saturated heterocycles. The molecule has 1 aliphatic rings. The monoisotopic (exact) mass is 444 g/mol. The van der Waals surface area contributed by atoms with Crippen LogP contribution in [0.1, 0.15) is 5.56 Å². The molecule has 4 N–H and O–H groups in total. The average molecular weight is 444 g/mol. The molecule has 12 heteroatoms. The quantitative estimate of drug-likeness (QED) is 0.544. The molecule has 0 aliphatic carbocycles. The van der Waals surface area contributed by atoms with Gasteiger partial charge >= 0.3 is 6.18 Å². The number of benzene rings is 2. The molecule has 2 unspecified atom stereocenters. The second-order valence-electron chi connectivity index (χ2n) is 6.50. The first-order chi connectivity index (χ1) is 14.1. The molecule has 0 saturated carbocycles. The molecule has 1 fully saturated rings. The van der Waals surface area contributed by atoms with Crippen molar-refractivity contribution >= 4 is 27.3 Å². The molecule has 30 heavy (non-hydrogen) atoms. The molecule has 0 spiro atoms. The van der Waals surface area contributed by atoms with Crippen LogP contribution in [0.25, 0.3) is 0 Å². The normalized spacial score (nSPS) is 19.3. The lowest BCUT2D eigenvalue weighted by Crippen LogP contribution is -2.45. The summed E-state index contributed by atoms with van der Waals surface area (Å²) in [5.74, 6) is -1.29. The number of alkyl halides is 3. The maximum absolute atomic E-state index is 12.9. The van der Waals surface area contributed by atoms with Crippen molar-refractivity contribution in [2.75, 3.05) is 23.7 Å². The minimum atomic E-state index is -4.56. The lowest BCUT2D eigenvalue weighted by Gasteiger charge is -2.20. The summed E-state index contributed by atoms with van der Waals surface area (Å²) in [7, 11) is -2.58. The minimum absolute atomic E-state index is 0.0288. The van der Waals surface area contributed by atoms with Gasteiger partial charge in [0, 0.05) is 17.9 Å².